The molecule has 0 atom stereocenters. The number of carbonyl (C=O) groups is 1. The van der Waals surface area contributed by atoms with Crippen LogP contribution in [0.5, 0.6) is 0 Å². The van der Waals surface area contributed by atoms with E-state index in [1.165, 1.54) is 44.9 Å². The minimum Gasteiger partial charge on any atom is -0.546 e. The van der Waals surface area contributed by atoms with Crippen LogP contribution in [-0.2, 0) is 24.3 Å². The Labute approximate surface area is 135 Å². The van der Waals surface area contributed by atoms with E-state index in [2.05, 4.69) is 18.4 Å². The largest absolute Gasteiger partial charge is 0.546 e. The monoisotopic (exact) mass is 308 g/mol. The SMILES string of the molecule is CCCCCCCCCCc1n(CCC)cc[n+]1CC(=O)[O-]. The first-order chi connectivity index (χ1) is 10.7. The Bertz CT molecular complexity index is 427. The quantitative estimate of drug-likeness (QED) is 0.415. The fraction of sp³-hybridized carbons (Fsp3) is 0.778. The molecule has 0 aromatic carbocycles. The maximum atomic E-state index is 10.8. The Hall–Kier alpha value is -1.32. The molecule has 0 fully saturated rings. The van der Waals surface area contributed by atoms with Crippen molar-refractivity contribution in [1.82, 2.24) is 4.57 Å². The van der Waals surface area contributed by atoms with Crippen LogP contribution >= 0.6 is 0 Å². The fourth-order valence-corrected chi connectivity index (χ4v) is 2.93. The first kappa shape index (κ1) is 18.7. The molecule has 0 aliphatic rings. The van der Waals surface area contributed by atoms with E-state index < -0.39 is 5.97 Å². The third kappa shape index (κ3) is 7.10. The first-order valence-corrected chi connectivity index (χ1v) is 8.96. The lowest BCUT2D eigenvalue weighted by atomic mass is 10.1. The van der Waals surface area contributed by atoms with Gasteiger partial charge in [-0.3, -0.25) is 0 Å². The Kier molecular flexibility index (Phi) is 9.60. The molecule has 126 valence electrons. The molecule has 0 spiro atoms. The van der Waals surface area contributed by atoms with E-state index in [9.17, 15) is 9.90 Å². The highest BCUT2D eigenvalue weighted by Gasteiger charge is 2.16. The number of aliphatic carboxylic acids is 1. The van der Waals surface area contributed by atoms with Crippen LogP contribution in [0.25, 0.3) is 0 Å². The van der Waals surface area contributed by atoms with Crippen molar-refractivity contribution in [2.24, 2.45) is 0 Å². The Balaban J connectivity index is 2.36. The molecule has 1 aromatic heterocycles. The zero-order chi connectivity index (χ0) is 16.2. The maximum Gasteiger partial charge on any atom is 0.256 e. The van der Waals surface area contributed by atoms with Crippen molar-refractivity contribution in [1.29, 1.82) is 0 Å². The predicted molar refractivity (Wildman–Crippen MR) is 86.2 cm³/mol. The Morgan fingerprint density at radius 3 is 2.27 bits per heavy atom. The van der Waals surface area contributed by atoms with E-state index in [0.717, 1.165) is 31.6 Å². The van der Waals surface area contributed by atoms with Gasteiger partial charge < -0.3 is 9.90 Å². The number of imidazole rings is 1. The van der Waals surface area contributed by atoms with Crippen LogP contribution in [0.3, 0.4) is 0 Å². The second kappa shape index (κ2) is 11.3. The minimum atomic E-state index is -1.02. The summed E-state index contributed by atoms with van der Waals surface area (Å²) in [7, 11) is 0. The minimum absolute atomic E-state index is 0.0386. The van der Waals surface area contributed by atoms with Gasteiger partial charge in [-0.1, -0.05) is 58.8 Å². The number of unbranched alkanes of at least 4 members (excludes halogenated alkanes) is 7. The number of hydrogen-bond donors (Lipinski definition) is 0. The van der Waals surface area contributed by atoms with Crippen LogP contribution in [0.4, 0.5) is 0 Å². The van der Waals surface area contributed by atoms with Crippen LogP contribution in [0.15, 0.2) is 12.4 Å². The summed E-state index contributed by atoms with van der Waals surface area (Å²) in [4.78, 5) is 10.8. The smallest absolute Gasteiger partial charge is 0.256 e. The molecule has 0 unspecified atom stereocenters. The van der Waals surface area contributed by atoms with Gasteiger partial charge in [0, 0.05) is 6.42 Å². The lowest BCUT2D eigenvalue weighted by molar-refractivity contribution is -0.697. The van der Waals surface area contributed by atoms with Crippen LogP contribution in [0.1, 0.15) is 77.5 Å². The van der Waals surface area contributed by atoms with Crippen LogP contribution in [0.2, 0.25) is 0 Å². The first-order valence-electron chi connectivity index (χ1n) is 8.96. The van der Waals surface area contributed by atoms with E-state index in [1.807, 2.05) is 17.0 Å². The standard InChI is InChI=1S/C18H32N2O2/c1-3-5-6-7-8-9-10-11-12-17-19(13-4-2)14-15-20(17)16-18(21)22/h14-15H,3-13,16H2,1-2H3. The van der Waals surface area contributed by atoms with E-state index in [4.69, 9.17) is 0 Å². The van der Waals surface area contributed by atoms with Gasteiger partial charge in [-0.05, 0) is 12.8 Å². The molecule has 22 heavy (non-hydrogen) atoms. The van der Waals surface area contributed by atoms with Gasteiger partial charge in [0.15, 0.2) is 0 Å². The molecule has 0 radical (unpaired) electrons. The second-order valence-corrected chi connectivity index (χ2v) is 6.13. The molecule has 0 N–H and O–H groups in total. The number of aryl methyl sites for hydroxylation is 1. The average molecular weight is 308 g/mol. The highest BCUT2D eigenvalue weighted by atomic mass is 16.4. The summed E-state index contributed by atoms with van der Waals surface area (Å²) >= 11 is 0. The van der Waals surface area contributed by atoms with Crippen molar-refractivity contribution in [3.8, 4) is 0 Å². The molecule has 0 aliphatic heterocycles. The van der Waals surface area contributed by atoms with E-state index in [1.54, 1.807) is 0 Å². The van der Waals surface area contributed by atoms with Gasteiger partial charge in [-0.15, -0.1) is 0 Å². The summed E-state index contributed by atoms with van der Waals surface area (Å²) in [6.45, 7) is 5.30. The predicted octanol–water partition coefficient (Wildman–Crippen LogP) is 2.62. The van der Waals surface area contributed by atoms with Crippen molar-refractivity contribution in [3.05, 3.63) is 18.2 Å². The van der Waals surface area contributed by atoms with Crippen molar-refractivity contribution < 1.29 is 14.5 Å². The number of rotatable bonds is 13. The molecule has 0 saturated heterocycles. The number of nitrogens with zero attached hydrogens (tertiary/aromatic N) is 2. The Morgan fingerprint density at radius 1 is 1.05 bits per heavy atom. The maximum absolute atomic E-state index is 10.8. The van der Waals surface area contributed by atoms with E-state index >= 15 is 0 Å². The van der Waals surface area contributed by atoms with E-state index in [0.29, 0.717) is 0 Å². The molecule has 0 aliphatic carbocycles. The lowest BCUT2D eigenvalue weighted by Gasteiger charge is -2.06. The summed E-state index contributed by atoms with van der Waals surface area (Å²) in [5.74, 6) is 0.105. The molecule has 1 heterocycles. The highest BCUT2D eigenvalue weighted by molar-refractivity contribution is 5.62. The average Bonchev–Trinajstić information content (AvgIpc) is 2.84. The van der Waals surface area contributed by atoms with Gasteiger partial charge in [-0.25, -0.2) is 9.13 Å². The van der Waals surface area contributed by atoms with Crippen LogP contribution < -0.4 is 9.67 Å². The normalized spacial score (nSPS) is 11.0. The molecule has 0 amide bonds. The van der Waals surface area contributed by atoms with Gasteiger partial charge >= 0.3 is 0 Å². The molecule has 4 heteroatoms. The summed E-state index contributed by atoms with van der Waals surface area (Å²) in [5.41, 5.74) is 0. The van der Waals surface area contributed by atoms with Gasteiger partial charge in [0.25, 0.3) is 5.82 Å². The number of aromatic nitrogens is 2. The lowest BCUT2D eigenvalue weighted by Crippen LogP contribution is -2.45. The number of carboxylic acids is 1. The Morgan fingerprint density at radius 2 is 1.68 bits per heavy atom. The number of carboxylic acid groups (broad SMARTS) is 1. The fourth-order valence-electron chi connectivity index (χ4n) is 2.93. The summed E-state index contributed by atoms with van der Waals surface area (Å²) in [6, 6.07) is 0. The van der Waals surface area contributed by atoms with Crippen molar-refractivity contribution >= 4 is 5.97 Å². The van der Waals surface area contributed by atoms with Gasteiger partial charge in [0.05, 0.1) is 12.5 Å². The van der Waals surface area contributed by atoms with Gasteiger partial charge in [0.2, 0.25) is 0 Å². The third-order valence-electron chi connectivity index (χ3n) is 4.11. The highest BCUT2D eigenvalue weighted by Crippen LogP contribution is 2.10. The zero-order valence-corrected chi connectivity index (χ0v) is 14.4. The molecule has 0 saturated carbocycles. The summed E-state index contributed by atoms with van der Waals surface area (Å²) in [6.07, 6.45) is 16.2. The molecular formula is C18H32N2O2. The van der Waals surface area contributed by atoms with E-state index in [-0.39, 0.29) is 6.54 Å². The third-order valence-corrected chi connectivity index (χ3v) is 4.11. The van der Waals surface area contributed by atoms with Crippen LogP contribution in [0, 0.1) is 0 Å². The summed E-state index contributed by atoms with van der Waals surface area (Å²) < 4.78 is 4.01. The van der Waals surface area contributed by atoms with Crippen molar-refractivity contribution in [3.63, 3.8) is 0 Å². The summed E-state index contributed by atoms with van der Waals surface area (Å²) in [5, 5.41) is 10.8. The second-order valence-electron chi connectivity index (χ2n) is 6.13. The molecular weight excluding hydrogens is 276 g/mol. The molecule has 1 rings (SSSR count). The van der Waals surface area contributed by atoms with Crippen molar-refractivity contribution in [2.45, 2.75) is 91.1 Å². The molecule has 0 bridgehead atoms. The van der Waals surface area contributed by atoms with Gasteiger partial charge in [0.1, 0.15) is 18.9 Å². The topological polar surface area (TPSA) is 48.9 Å². The van der Waals surface area contributed by atoms with Crippen molar-refractivity contribution in [2.75, 3.05) is 0 Å². The molecule has 1 aromatic rings. The molecule has 4 nitrogen and oxygen atoms in total. The van der Waals surface area contributed by atoms with Crippen LogP contribution in [-0.4, -0.2) is 10.5 Å². The number of carbonyl (C=O) groups excluding carboxylic acids is 1. The number of hydrogen-bond acceptors (Lipinski definition) is 2. The van der Waals surface area contributed by atoms with Gasteiger partial charge in [-0.2, -0.15) is 0 Å². The zero-order valence-electron chi connectivity index (χ0n) is 14.4.